The minimum Gasteiger partial charge on any atom is -0.479 e. The molecule has 0 bridgehead atoms. The monoisotopic (exact) mass is 280 g/mol. The molecule has 6 heteroatoms. The number of esters is 1. The van der Waals surface area contributed by atoms with E-state index in [0.29, 0.717) is 12.8 Å². The fraction of sp³-hybridized carbons (Fsp3) is 0.429. The van der Waals surface area contributed by atoms with E-state index in [0.717, 1.165) is 5.56 Å². The highest BCUT2D eigenvalue weighted by atomic mass is 16.5. The average Bonchev–Trinajstić information content (AvgIpc) is 2.42. The third-order valence-corrected chi connectivity index (χ3v) is 2.86. The number of aliphatic carboxylic acids is 1. The average molecular weight is 280 g/mol. The van der Waals surface area contributed by atoms with Crippen molar-refractivity contribution in [2.45, 2.75) is 38.0 Å². The summed E-state index contributed by atoms with van der Waals surface area (Å²) in [5, 5.41) is 8.72. The third-order valence-electron chi connectivity index (χ3n) is 2.86. The van der Waals surface area contributed by atoms with Gasteiger partial charge in [0.2, 0.25) is 0 Å². The molecule has 1 rings (SSSR count). The van der Waals surface area contributed by atoms with Gasteiger partial charge in [-0.25, -0.2) is 4.79 Å². The molecule has 1 aromatic rings. The van der Waals surface area contributed by atoms with Crippen molar-refractivity contribution in [1.29, 1.82) is 0 Å². The van der Waals surface area contributed by atoms with E-state index in [1.54, 1.807) is 0 Å². The van der Waals surface area contributed by atoms with Crippen molar-refractivity contribution in [3.63, 3.8) is 0 Å². The van der Waals surface area contributed by atoms with Crippen LogP contribution in [0.2, 0.25) is 0 Å². The van der Waals surface area contributed by atoms with Gasteiger partial charge in [-0.15, -0.1) is 0 Å². The summed E-state index contributed by atoms with van der Waals surface area (Å²) in [5.41, 5.74) is 9.94. The molecule has 20 heavy (non-hydrogen) atoms. The van der Waals surface area contributed by atoms with Crippen LogP contribution in [0, 0.1) is 0 Å². The van der Waals surface area contributed by atoms with E-state index in [4.69, 9.17) is 21.3 Å². The number of ether oxygens (including phenoxy) is 1. The number of carbonyl (C=O) groups excluding carboxylic acids is 1. The molecule has 0 heterocycles. The quantitative estimate of drug-likeness (QED) is 0.371. The highest BCUT2D eigenvalue weighted by Crippen LogP contribution is 2.09. The molecular weight excluding hydrogens is 260 g/mol. The summed E-state index contributed by atoms with van der Waals surface area (Å²) in [7, 11) is 0. The Labute approximate surface area is 117 Å². The maximum Gasteiger partial charge on any atom is 0.338 e. The predicted molar refractivity (Wildman–Crippen MR) is 73.4 cm³/mol. The van der Waals surface area contributed by atoms with E-state index < -0.39 is 11.6 Å². The Kier molecular flexibility index (Phi) is 6.14. The molecule has 5 N–H and O–H groups in total. The molecule has 0 aliphatic rings. The van der Waals surface area contributed by atoms with Gasteiger partial charge in [-0.3, -0.25) is 4.79 Å². The standard InChI is InChI=1S/C14H20N2O4/c15-14(16,13(18)19)9-5-4-8-12(17)20-10-11-6-2-1-3-7-11/h1-3,6-7H,4-5,8-10,15-16H2,(H,18,19). The minimum atomic E-state index is -1.73. The molecule has 0 spiro atoms. The topological polar surface area (TPSA) is 116 Å². The maximum atomic E-state index is 11.5. The van der Waals surface area contributed by atoms with Crippen LogP contribution in [0.5, 0.6) is 0 Å². The molecule has 0 saturated heterocycles. The molecule has 0 amide bonds. The van der Waals surface area contributed by atoms with Crippen molar-refractivity contribution < 1.29 is 19.4 Å². The summed E-state index contributed by atoms with van der Waals surface area (Å²) >= 11 is 0. The van der Waals surface area contributed by atoms with E-state index in [1.807, 2.05) is 30.3 Å². The van der Waals surface area contributed by atoms with Gasteiger partial charge in [0.15, 0.2) is 5.66 Å². The van der Waals surface area contributed by atoms with Crippen LogP contribution in [0.4, 0.5) is 0 Å². The minimum absolute atomic E-state index is 0.119. The molecular formula is C14H20N2O4. The second-order valence-corrected chi connectivity index (χ2v) is 4.70. The lowest BCUT2D eigenvalue weighted by atomic mass is 10.0. The number of rotatable bonds is 8. The van der Waals surface area contributed by atoms with Gasteiger partial charge in [0.1, 0.15) is 6.61 Å². The number of nitrogens with two attached hydrogens (primary N) is 2. The van der Waals surface area contributed by atoms with Gasteiger partial charge in [-0.2, -0.15) is 0 Å². The third kappa shape index (κ3) is 5.81. The Morgan fingerprint density at radius 3 is 2.40 bits per heavy atom. The second kappa shape index (κ2) is 7.62. The molecule has 0 unspecified atom stereocenters. The van der Waals surface area contributed by atoms with Crippen molar-refractivity contribution in [3.8, 4) is 0 Å². The van der Waals surface area contributed by atoms with Gasteiger partial charge in [0.05, 0.1) is 0 Å². The Balaban J connectivity index is 2.16. The smallest absolute Gasteiger partial charge is 0.338 e. The van der Waals surface area contributed by atoms with Crippen molar-refractivity contribution in [2.24, 2.45) is 11.5 Å². The maximum absolute atomic E-state index is 11.5. The summed E-state index contributed by atoms with van der Waals surface area (Å²) in [5.74, 6) is -1.56. The Morgan fingerprint density at radius 1 is 1.15 bits per heavy atom. The van der Waals surface area contributed by atoms with Gasteiger partial charge in [0, 0.05) is 6.42 Å². The molecule has 110 valence electrons. The van der Waals surface area contributed by atoms with Gasteiger partial charge < -0.3 is 21.3 Å². The van der Waals surface area contributed by atoms with Gasteiger partial charge in [0.25, 0.3) is 0 Å². The number of carboxylic acids is 1. The number of hydrogen-bond acceptors (Lipinski definition) is 5. The van der Waals surface area contributed by atoms with Crippen LogP contribution in [0.3, 0.4) is 0 Å². The number of benzene rings is 1. The molecule has 0 aromatic heterocycles. The Morgan fingerprint density at radius 2 is 1.80 bits per heavy atom. The fourth-order valence-corrected chi connectivity index (χ4v) is 1.60. The highest BCUT2D eigenvalue weighted by Gasteiger charge is 2.27. The molecule has 0 radical (unpaired) electrons. The first kappa shape index (κ1) is 16.1. The molecule has 0 aliphatic carbocycles. The van der Waals surface area contributed by atoms with Crippen LogP contribution in [0.15, 0.2) is 30.3 Å². The predicted octanol–water partition coefficient (Wildman–Crippen LogP) is 0.988. The normalized spacial score (nSPS) is 11.1. The van der Waals surface area contributed by atoms with Crippen LogP contribution in [0.1, 0.15) is 31.2 Å². The lowest BCUT2D eigenvalue weighted by Crippen LogP contribution is -2.56. The van der Waals surface area contributed by atoms with Crippen LogP contribution >= 0.6 is 0 Å². The number of carbonyl (C=O) groups is 2. The number of hydrogen-bond donors (Lipinski definition) is 3. The fourth-order valence-electron chi connectivity index (χ4n) is 1.60. The number of carboxylic acid groups (broad SMARTS) is 1. The van der Waals surface area contributed by atoms with Gasteiger partial charge >= 0.3 is 11.9 Å². The molecule has 0 fully saturated rings. The molecule has 0 saturated carbocycles. The van der Waals surface area contributed by atoms with E-state index in [1.165, 1.54) is 0 Å². The van der Waals surface area contributed by atoms with Gasteiger partial charge in [-0.05, 0) is 24.8 Å². The lowest BCUT2D eigenvalue weighted by molar-refractivity contribution is -0.145. The van der Waals surface area contributed by atoms with E-state index in [-0.39, 0.29) is 25.4 Å². The van der Waals surface area contributed by atoms with Crippen LogP contribution in [-0.4, -0.2) is 22.7 Å². The van der Waals surface area contributed by atoms with E-state index >= 15 is 0 Å². The van der Waals surface area contributed by atoms with E-state index in [2.05, 4.69) is 0 Å². The van der Waals surface area contributed by atoms with Crippen molar-refractivity contribution >= 4 is 11.9 Å². The second-order valence-electron chi connectivity index (χ2n) is 4.70. The Bertz CT molecular complexity index is 446. The summed E-state index contributed by atoms with van der Waals surface area (Å²) in [4.78, 5) is 22.1. The van der Waals surface area contributed by atoms with E-state index in [9.17, 15) is 9.59 Å². The zero-order chi connectivity index (χ0) is 15.0. The summed E-state index contributed by atoms with van der Waals surface area (Å²) in [6.45, 7) is 0.243. The van der Waals surface area contributed by atoms with Crippen LogP contribution in [0.25, 0.3) is 0 Å². The largest absolute Gasteiger partial charge is 0.479 e. The molecule has 0 aliphatic heterocycles. The summed E-state index contributed by atoms with van der Waals surface area (Å²) < 4.78 is 5.09. The molecule has 6 nitrogen and oxygen atoms in total. The first-order valence-electron chi connectivity index (χ1n) is 6.42. The first-order valence-corrected chi connectivity index (χ1v) is 6.42. The summed E-state index contributed by atoms with van der Waals surface area (Å²) in [6, 6.07) is 9.38. The SMILES string of the molecule is NC(N)(CCCCC(=O)OCc1ccccc1)C(=O)O. The van der Waals surface area contributed by atoms with Crippen molar-refractivity contribution in [1.82, 2.24) is 0 Å². The zero-order valence-electron chi connectivity index (χ0n) is 11.2. The molecule has 0 atom stereocenters. The zero-order valence-corrected chi connectivity index (χ0v) is 11.2. The van der Waals surface area contributed by atoms with Crippen molar-refractivity contribution in [3.05, 3.63) is 35.9 Å². The molecule has 1 aromatic carbocycles. The first-order chi connectivity index (χ1) is 9.42. The lowest BCUT2D eigenvalue weighted by Gasteiger charge is -2.18. The van der Waals surface area contributed by atoms with Crippen LogP contribution in [-0.2, 0) is 20.9 Å². The highest BCUT2D eigenvalue weighted by molar-refractivity contribution is 5.77. The number of unbranched alkanes of at least 4 members (excludes halogenated alkanes) is 1. The van der Waals surface area contributed by atoms with Crippen molar-refractivity contribution in [2.75, 3.05) is 0 Å². The summed E-state index contributed by atoms with van der Waals surface area (Å²) in [6.07, 6.45) is 1.30. The Hall–Kier alpha value is -1.92. The van der Waals surface area contributed by atoms with Crippen LogP contribution < -0.4 is 11.5 Å². The van der Waals surface area contributed by atoms with Gasteiger partial charge in [-0.1, -0.05) is 30.3 Å².